The zero-order valence-electron chi connectivity index (χ0n) is 12.9. The fourth-order valence-corrected chi connectivity index (χ4v) is 2.19. The first-order valence-electron chi connectivity index (χ1n) is 6.93. The van der Waals surface area contributed by atoms with Gasteiger partial charge in [0.25, 0.3) is 0 Å². The number of nitrogens with zero attached hydrogens (tertiary/aromatic N) is 1. The summed E-state index contributed by atoms with van der Waals surface area (Å²) in [6.45, 7) is 3.97. The van der Waals surface area contributed by atoms with Gasteiger partial charge in [0.2, 0.25) is 5.78 Å². The van der Waals surface area contributed by atoms with Crippen LogP contribution < -0.4 is 4.74 Å². The number of carbonyl (C=O) groups excluding carboxylic acids is 1. The molecule has 0 N–H and O–H groups in total. The zero-order valence-corrected chi connectivity index (χ0v) is 12.9. The molecule has 0 fully saturated rings. The van der Waals surface area contributed by atoms with E-state index >= 15 is 0 Å². The number of allylic oxidation sites excluding steroid dienone is 1. The second-order valence-corrected chi connectivity index (χ2v) is 5.09. The predicted octanol–water partition coefficient (Wildman–Crippen LogP) is 4.10. The number of rotatable bonds is 4. The van der Waals surface area contributed by atoms with Crippen molar-refractivity contribution in [1.82, 2.24) is 0 Å². The average molecular weight is 291 g/mol. The van der Waals surface area contributed by atoms with E-state index in [0.717, 1.165) is 16.7 Å². The molecule has 0 aliphatic carbocycles. The van der Waals surface area contributed by atoms with Crippen LogP contribution in [0, 0.1) is 25.2 Å². The minimum Gasteiger partial charge on any atom is -0.497 e. The maximum Gasteiger partial charge on any atom is 0.203 e. The van der Waals surface area contributed by atoms with Gasteiger partial charge in [-0.3, -0.25) is 4.79 Å². The van der Waals surface area contributed by atoms with Crippen LogP contribution in [0.2, 0.25) is 0 Å². The summed E-state index contributed by atoms with van der Waals surface area (Å²) in [4.78, 5) is 12.4. The molecule has 0 bridgehead atoms. The number of carbonyl (C=O) groups is 1. The summed E-state index contributed by atoms with van der Waals surface area (Å²) >= 11 is 0. The SMILES string of the molecule is COc1ccc(C(=O)C(C#N)=Cc2ccc(C)cc2C)cc1. The van der Waals surface area contributed by atoms with Crippen LogP contribution >= 0.6 is 0 Å². The van der Waals surface area contributed by atoms with E-state index in [2.05, 4.69) is 0 Å². The van der Waals surface area contributed by atoms with Crippen LogP contribution in [0.5, 0.6) is 5.75 Å². The first-order valence-corrected chi connectivity index (χ1v) is 6.93. The van der Waals surface area contributed by atoms with E-state index in [9.17, 15) is 10.1 Å². The Hall–Kier alpha value is -2.86. The summed E-state index contributed by atoms with van der Waals surface area (Å²) in [6.07, 6.45) is 1.64. The van der Waals surface area contributed by atoms with E-state index in [0.29, 0.717) is 11.3 Å². The topological polar surface area (TPSA) is 50.1 Å². The highest BCUT2D eigenvalue weighted by Gasteiger charge is 2.12. The number of hydrogen-bond donors (Lipinski definition) is 0. The van der Waals surface area contributed by atoms with Gasteiger partial charge < -0.3 is 4.74 Å². The van der Waals surface area contributed by atoms with Gasteiger partial charge in [0.05, 0.1) is 7.11 Å². The maximum atomic E-state index is 12.4. The molecule has 22 heavy (non-hydrogen) atoms. The summed E-state index contributed by atoms with van der Waals surface area (Å²) in [7, 11) is 1.57. The number of Topliss-reactive ketones (excluding diaryl/α,β-unsaturated/α-hetero) is 1. The van der Waals surface area contributed by atoms with E-state index in [1.807, 2.05) is 38.1 Å². The van der Waals surface area contributed by atoms with E-state index in [1.165, 1.54) is 0 Å². The van der Waals surface area contributed by atoms with Gasteiger partial charge in [0, 0.05) is 5.56 Å². The third-order valence-corrected chi connectivity index (χ3v) is 3.44. The highest BCUT2D eigenvalue weighted by atomic mass is 16.5. The molecule has 0 saturated heterocycles. The van der Waals surface area contributed by atoms with Gasteiger partial charge in [0.1, 0.15) is 17.4 Å². The number of aryl methyl sites for hydroxylation is 2. The zero-order chi connectivity index (χ0) is 16.1. The molecule has 0 aliphatic rings. The van der Waals surface area contributed by atoms with Crippen molar-refractivity contribution in [2.45, 2.75) is 13.8 Å². The molecule has 2 aromatic carbocycles. The molecule has 0 unspecified atom stereocenters. The molecular formula is C19H17NO2. The Balaban J connectivity index is 2.36. The smallest absolute Gasteiger partial charge is 0.203 e. The molecule has 110 valence electrons. The maximum absolute atomic E-state index is 12.4. The van der Waals surface area contributed by atoms with E-state index < -0.39 is 0 Å². The lowest BCUT2D eigenvalue weighted by Crippen LogP contribution is -2.02. The Bertz CT molecular complexity index is 765. The van der Waals surface area contributed by atoms with Gasteiger partial charge in [-0.1, -0.05) is 23.8 Å². The Kier molecular flexibility index (Phi) is 4.75. The third-order valence-electron chi connectivity index (χ3n) is 3.44. The molecule has 0 aromatic heterocycles. The molecule has 0 amide bonds. The van der Waals surface area contributed by atoms with Crippen LogP contribution in [-0.4, -0.2) is 12.9 Å². The van der Waals surface area contributed by atoms with Gasteiger partial charge in [-0.2, -0.15) is 5.26 Å². The van der Waals surface area contributed by atoms with Crippen LogP contribution in [0.3, 0.4) is 0 Å². The van der Waals surface area contributed by atoms with Gasteiger partial charge >= 0.3 is 0 Å². The lowest BCUT2D eigenvalue weighted by atomic mass is 9.99. The van der Waals surface area contributed by atoms with Gasteiger partial charge in [0.15, 0.2) is 0 Å². The fraction of sp³-hybridized carbons (Fsp3) is 0.158. The number of nitriles is 1. The van der Waals surface area contributed by atoms with Crippen molar-refractivity contribution in [1.29, 1.82) is 5.26 Å². The highest BCUT2D eigenvalue weighted by Crippen LogP contribution is 2.18. The van der Waals surface area contributed by atoms with Gasteiger partial charge in [-0.05, 0) is 55.3 Å². The lowest BCUT2D eigenvalue weighted by Gasteiger charge is -2.04. The van der Waals surface area contributed by atoms with Crippen molar-refractivity contribution < 1.29 is 9.53 Å². The van der Waals surface area contributed by atoms with Crippen LogP contribution in [0.1, 0.15) is 27.0 Å². The summed E-state index contributed by atoms with van der Waals surface area (Å²) in [5.74, 6) is 0.388. The number of ketones is 1. The number of methoxy groups -OCH3 is 1. The molecule has 0 atom stereocenters. The molecule has 3 heteroatoms. The molecule has 0 radical (unpaired) electrons. The normalized spacial score (nSPS) is 10.9. The van der Waals surface area contributed by atoms with Crippen LogP contribution in [0.4, 0.5) is 0 Å². The van der Waals surface area contributed by atoms with Crippen LogP contribution in [0.15, 0.2) is 48.0 Å². The average Bonchev–Trinajstić information content (AvgIpc) is 2.54. The molecule has 2 aromatic rings. The van der Waals surface area contributed by atoms with Gasteiger partial charge in [-0.25, -0.2) is 0 Å². The number of ether oxygens (including phenoxy) is 1. The first kappa shape index (κ1) is 15.5. The minimum absolute atomic E-state index is 0.122. The van der Waals surface area contributed by atoms with Crippen molar-refractivity contribution in [3.8, 4) is 11.8 Å². The van der Waals surface area contributed by atoms with Crippen molar-refractivity contribution in [3.63, 3.8) is 0 Å². The summed E-state index contributed by atoms with van der Waals surface area (Å²) in [5, 5.41) is 9.30. The molecular weight excluding hydrogens is 274 g/mol. The molecule has 0 spiro atoms. The fourth-order valence-electron chi connectivity index (χ4n) is 2.19. The second kappa shape index (κ2) is 6.73. The number of benzene rings is 2. The third kappa shape index (κ3) is 3.42. The molecule has 3 nitrogen and oxygen atoms in total. The van der Waals surface area contributed by atoms with E-state index in [4.69, 9.17) is 4.74 Å². The van der Waals surface area contributed by atoms with E-state index in [1.54, 1.807) is 37.5 Å². The summed E-state index contributed by atoms with van der Waals surface area (Å²) < 4.78 is 5.07. The van der Waals surface area contributed by atoms with Crippen molar-refractivity contribution >= 4 is 11.9 Å². The standard InChI is InChI=1S/C19H17NO2/c1-13-4-5-16(14(2)10-13)11-17(12-20)19(21)15-6-8-18(22-3)9-7-15/h4-11H,1-3H3. The Morgan fingerprint density at radius 2 is 1.82 bits per heavy atom. The van der Waals surface area contributed by atoms with Crippen molar-refractivity contribution in [2.24, 2.45) is 0 Å². The quantitative estimate of drug-likeness (QED) is 0.484. The predicted molar refractivity (Wildman–Crippen MR) is 86.8 cm³/mol. The molecule has 2 rings (SSSR count). The van der Waals surface area contributed by atoms with Gasteiger partial charge in [-0.15, -0.1) is 0 Å². The Morgan fingerprint density at radius 1 is 1.14 bits per heavy atom. The highest BCUT2D eigenvalue weighted by molar-refractivity contribution is 6.14. The summed E-state index contributed by atoms with van der Waals surface area (Å²) in [5.41, 5.74) is 3.66. The largest absolute Gasteiger partial charge is 0.497 e. The Morgan fingerprint density at radius 3 is 2.36 bits per heavy atom. The molecule has 0 aliphatic heterocycles. The lowest BCUT2D eigenvalue weighted by molar-refractivity contribution is 0.104. The van der Waals surface area contributed by atoms with Crippen molar-refractivity contribution in [3.05, 3.63) is 70.3 Å². The molecule has 0 saturated carbocycles. The second-order valence-electron chi connectivity index (χ2n) is 5.09. The minimum atomic E-state index is -0.287. The summed E-state index contributed by atoms with van der Waals surface area (Å²) in [6, 6.07) is 14.6. The van der Waals surface area contributed by atoms with Crippen LogP contribution in [-0.2, 0) is 0 Å². The van der Waals surface area contributed by atoms with Crippen molar-refractivity contribution in [2.75, 3.05) is 7.11 Å². The first-order chi connectivity index (χ1) is 10.5. The molecule has 0 heterocycles. The van der Waals surface area contributed by atoms with Crippen LogP contribution in [0.25, 0.3) is 6.08 Å². The Labute approximate surface area is 130 Å². The van der Waals surface area contributed by atoms with E-state index in [-0.39, 0.29) is 11.4 Å². The monoisotopic (exact) mass is 291 g/mol. The number of hydrogen-bond acceptors (Lipinski definition) is 3.